The Morgan fingerprint density at radius 2 is 2.00 bits per heavy atom. The number of rotatable bonds is 6. The van der Waals surface area contributed by atoms with Crippen molar-refractivity contribution < 1.29 is 14.3 Å². The van der Waals surface area contributed by atoms with Crippen LogP contribution < -0.4 is 9.47 Å². The van der Waals surface area contributed by atoms with Crippen molar-refractivity contribution in [2.75, 3.05) is 14.2 Å². The standard InChI is InChI=1S/C15H19N3O3/c1-11(21-13-6-4-12(20-3)5-7-13)15(19)18(2)10-14-16-8-9-17-14/h4-9,11H,10H2,1-3H3,(H,16,17). The molecule has 0 aliphatic carbocycles. The summed E-state index contributed by atoms with van der Waals surface area (Å²) in [6.45, 7) is 2.15. The number of ether oxygens (including phenoxy) is 2. The van der Waals surface area contributed by atoms with E-state index in [9.17, 15) is 4.79 Å². The van der Waals surface area contributed by atoms with Crippen molar-refractivity contribution in [3.05, 3.63) is 42.5 Å². The number of aromatic amines is 1. The number of imidazole rings is 1. The maximum Gasteiger partial charge on any atom is 0.263 e. The first-order valence-electron chi connectivity index (χ1n) is 6.64. The second-order valence-corrected chi connectivity index (χ2v) is 4.67. The number of likely N-dealkylation sites (N-methyl/N-ethyl adjacent to an activating group) is 1. The topological polar surface area (TPSA) is 67.5 Å². The van der Waals surface area contributed by atoms with Gasteiger partial charge >= 0.3 is 0 Å². The van der Waals surface area contributed by atoms with Crippen molar-refractivity contribution in [3.8, 4) is 11.5 Å². The maximum atomic E-state index is 12.2. The first kappa shape index (κ1) is 14.9. The second-order valence-electron chi connectivity index (χ2n) is 4.67. The molecular formula is C15H19N3O3. The predicted molar refractivity (Wildman–Crippen MR) is 78.1 cm³/mol. The Balaban J connectivity index is 1.91. The van der Waals surface area contributed by atoms with Crippen LogP contribution in [0.1, 0.15) is 12.7 Å². The van der Waals surface area contributed by atoms with Crippen LogP contribution in [-0.4, -0.2) is 41.0 Å². The first-order valence-corrected chi connectivity index (χ1v) is 6.64. The Kier molecular flexibility index (Phi) is 4.81. The first-order chi connectivity index (χ1) is 10.1. The Morgan fingerprint density at radius 1 is 1.33 bits per heavy atom. The largest absolute Gasteiger partial charge is 0.497 e. The van der Waals surface area contributed by atoms with Crippen LogP contribution in [0.4, 0.5) is 0 Å². The summed E-state index contributed by atoms with van der Waals surface area (Å²) in [7, 11) is 3.32. The Morgan fingerprint density at radius 3 is 2.57 bits per heavy atom. The highest BCUT2D eigenvalue weighted by atomic mass is 16.5. The summed E-state index contributed by atoms with van der Waals surface area (Å²) in [5, 5.41) is 0. The van der Waals surface area contributed by atoms with E-state index < -0.39 is 6.10 Å². The summed E-state index contributed by atoms with van der Waals surface area (Å²) in [4.78, 5) is 20.9. The fourth-order valence-corrected chi connectivity index (χ4v) is 1.91. The molecule has 2 rings (SSSR count). The van der Waals surface area contributed by atoms with Gasteiger partial charge in [0.25, 0.3) is 5.91 Å². The molecule has 1 aromatic heterocycles. The maximum absolute atomic E-state index is 12.2. The lowest BCUT2D eigenvalue weighted by molar-refractivity contribution is -0.137. The zero-order chi connectivity index (χ0) is 15.2. The molecule has 0 saturated carbocycles. The summed E-state index contributed by atoms with van der Waals surface area (Å²) in [6, 6.07) is 7.13. The lowest BCUT2D eigenvalue weighted by Gasteiger charge is -2.21. The highest BCUT2D eigenvalue weighted by Crippen LogP contribution is 2.18. The number of nitrogens with one attached hydrogen (secondary N) is 1. The Labute approximate surface area is 123 Å². The molecule has 1 atom stereocenters. The van der Waals surface area contributed by atoms with E-state index in [1.54, 1.807) is 62.6 Å². The van der Waals surface area contributed by atoms with Gasteiger partial charge in [0.2, 0.25) is 0 Å². The van der Waals surface area contributed by atoms with Crippen LogP contribution >= 0.6 is 0 Å². The van der Waals surface area contributed by atoms with Gasteiger partial charge in [0.15, 0.2) is 6.10 Å². The van der Waals surface area contributed by atoms with Gasteiger partial charge in [0, 0.05) is 19.4 Å². The van der Waals surface area contributed by atoms with Gasteiger partial charge in [-0.1, -0.05) is 0 Å². The fourth-order valence-electron chi connectivity index (χ4n) is 1.91. The van der Waals surface area contributed by atoms with Gasteiger partial charge in [0.05, 0.1) is 13.7 Å². The molecule has 0 aliphatic heterocycles. The SMILES string of the molecule is COc1ccc(OC(C)C(=O)N(C)Cc2ncc[nH]2)cc1. The van der Waals surface area contributed by atoms with Gasteiger partial charge in [-0.3, -0.25) is 4.79 Å². The predicted octanol–water partition coefficient (Wildman–Crippen LogP) is 1.84. The third-order valence-electron chi connectivity index (χ3n) is 3.04. The molecule has 0 aliphatic rings. The molecule has 1 N–H and O–H groups in total. The zero-order valence-electron chi connectivity index (χ0n) is 12.4. The molecule has 0 saturated heterocycles. The van der Waals surface area contributed by atoms with E-state index in [2.05, 4.69) is 9.97 Å². The number of carbonyl (C=O) groups excluding carboxylic acids is 1. The van der Waals surface area contributed by atoms with E-state index in [4.69, 9.17) is 9.47 Å². The van der Waals surface area contributed by atoms with E-state index in [0.717, 1.165) is 11.6 Å². The average molecular weight is 289 g/mol. The molecule has 1 heterocycles. The monoisotopic (exact) mass is 289 g/mol. The highest BCUT2D eigenvalue weighted by Gasteiger charge is 2.19. The lowest BCUT2D eigenvalue weighted by Crippen LogP contribution is -2.37. The molecule has 6 nitrogen and oxygen atoms in total. The third kappa shape index (κ3) is 3.98. The summed E-state index contributed by atoms with van der Waals surface area (Å²) in [5.74, 6) is 2.00. The van der Waals surface area contributed by atoms with Crippen molar-refractivity contribution in [3.63, 3.8) is 0 Å². The van der Waals surface area contributed by atoms with Crippen LogP contribution in [0.5, 0.6) is 11.5 Å². The van der Waals surface area contributed by atoms with Crippen LogP contribution in [0, 0.1) is 0 Å². The summed E-state index contributed by atoms with van der Waals surface area (Å²) in [5.41, 5.74) is 0. The van der Waals surface area contributed by atoms with E-state index in [1.807, 2.05) is 0 Å². The quantitative estimate of drug-likeness (QED) is 0.881. The van der Waals surface area contributed by atoms with Gasteiger partial charge in [-0.25, -0.2) is 4.98 Å². The van der Waals surface area contributed by atoms with Crippen LogP contribution in [-0.2, 0) is 11.3 Å². The molecular weight excluding hydrogens is 270 g/mol. The van der Waals surface area contributed by atoms with Gasteiger partial charge in [-0.05, 0) is 31.2 Å². The van der Waals surface area contributed by atoms with Crippen molar-refractivity contribution in [1.29, 1.82) is 0 Å². The summed E-state index contributed by atoms with van der Waals surface area (Å²) >= 11 is 0. The number of methoxy groups -OCH3 is 1. The molecule has 1 amide bonds. The number of benzene rings is 1. The fraction of sp³-hybridized carbons (Fsp3) is 0.333. The average Bonchev–Trinajstić information content (AvgIpc) is 3.00. The number of hydrogen-bond donors (Lipinski definition) is 1. The van der Waals surface area contributed by atoms with E-state index in [-0.39, 0.29) is 5.91 Å². The molecule has 0 spiro atoms. The summed E-state index contributed by atoms with van der Waals surface area (Å²) in [6.07, 6.45) is 2.81. The van der Waals surface area contributed by atoms with Gasteiger partial charge < -0.3 is 19.4 Å². The Hall–Kier alpha value is -2.50. The summed E-state index contributed by atoms with van der Waals surface area (Å²) < 4.78 is 10.7. The van der Waals surface area contributed by atoms with Crippen LogP contribution in [0.15, 0.2) is 36.7 Å². The number of carbonyl (C=O) groups is 1. The minimum absolute atomic E-state index is 0.109. The third-order valence-corrected chi connectivity index (χ3v) is 3.04. The zero-order valence-corrected chi connectivity index (χ0v) is 12.4. The normalized spacial score (nSPS) is 11.8. The number of hydrogen-bond acceptors (Lipinski definition) is 4. The minimum Gasteiger partial charge on any atom is -0.497 e. The lowest BCUT2D eigenvalue weighted by atomic mass is 10.3. The van der Waals surface area contributed by atoms with Crippen LogP contribution in [0.3, 0.4) is 0 Å². The van der Waals surface area contributed by atoms with Gasteiger partial charge in [0.1, 0.15) is 17.3 Å². The van der Waals surface area contributed by atoms with Crippen molar-refractivity contribution in [2.24, 2.45) is 0 Å². The molecule has 1 unspecified atom stereocenters. The molecule has 0 fully saturated rings. The number of H-pyrrole nitrogens is 1. The second kappa shape index (κ2) is 6.78. The van der Waals surface area contributed by atoms with E-state index >= 15 is 0 Å². The molecule has 6 heteroatoms. The minimum atomic E-state index is -0.571. The molecule has 1 aromatic carbocycles. The van der Waals surface area contributed by atoms with Crippen LogP contribution in [0.25, 0.3) is 0 Å². The number of nitrogens with zero attached hydrogens (tertiary/aromatic N) is 2. The molecule has 2 aromatic rings. The molecule has 21 heavy (non-hydrogen) atoms. The molecule has 0 radical (unpaired) electrons. The molecule has 0 bridgehead atoms. The smallest absolute Gasteiger partial charge is 0.263 e. The van der Waals surface area contributed by atoms with Gasteiger partial charge in [-0.2, -0.15) is 0 Å². The number of amides is 1. The Bertz CT molecular complexity index is 566. The van der Waals surface area contributed by atoms with Crippen LogP contribution in [0.2, 0.25) is 0 Å². The van der Waals surface area contributed by atoms with Crippen molar-refractivity contribution in [1.82, 2.24) is 14.9 Å². The molecule has 112 valence electrons. The van der Waals surface area contributed by atoms with E-state index in [0.29, 0.717) is 12.3 Å². The number of aromatic nitrogens is 2. The van der Waals surface area contributed by atoms with Crippen molar-refractivity contribution in [2.45, 2.75) is 19.6 Å². The van der Waals surface area contributed by atoms with Gasteiger partial charge in [-0.15, -0.1) is 0 Å². The van der Waals surface area contributed by atoms with Crippen molar-refractivity contribution >= 4 is 5.91 Å². The van der Waals surface area contributed by atoms with E-state index in [1.165, 1.54) is 0 Å². The highest BCUT2D eigenvalue weighted by molar-refractivity contribution is 5.80.